The molecule has 7 heteroatoms. The Kier molecular flexibility index (Phi) is 4.38. The molecule has 1 fully saturated rings. The molecule has 1 aliphatic rings. The molecule has 0 bridgehead atoms. The lowest BCUT2D eigenvalue weighted by atomic mass is 10.0. The van der Waals surface area contributed by atoms with Gasteiger partial charge in [-0.2, -0.15) is 0 Å². The van der Waals surface area contributed by atoms with Crippen molar-refractivity contribution in [3.63, 3.8) is 0 Å². The Hall–Kier alpha value is -2.05. The van der Waals surface area contributed by atoms with Gasteiger partial charge < -0.3 is 19.8 Å². The van der Waals surface area contributed by atoms with E-state index in [9.17, 15) is 9.59 Å². The van der Waals surface area contributed by atoms with Gasteiger partial charge in [0.25, 0.3) is 0 Å². The Morgan fingerprint density at radius 1 is 1.58 bits per heavy atom. The Morgan fingerprint density at radius 3 is 3.11 bits per heavy atom. The van der Waals surface area contributed by atoms with Gasteiger partial charge in [-0.25, -0.2) is 4.79 Å². The number of amides is 2. The molecule has 1 aliphatic heterocycles. The van der Waals surface area contributed by atoms with Crippen LogP contribution in [0.15, 0.2) is 16.9 Å². The Labute approximate surface area is 110 Å². The van der Waals surface area contributed by atoms with Crippen LogP contribution in [-0.4, -0.2) is 40.3 Å². The lowest BCUT2D eigenvalue weighted by molar-refractivity contribution is -0.137. The summed E-state index contributed by atoms with van der Waals surface area (Å²) < 4.78 is 4.67. The predicted molar refractivity (Wildman–Crippen MR) is 65.3 cm³/mol. The standard InChI is InChI=1S/C12H17N3O4/c16-11(17)2-1-9-3-5-15(8-9)12(18)13-7-10-4-6-19-14-10/h4,6,9H,1-3,5,7-8H2,(H,13,18)(H,16,17). The molecule has 2 heterocycles. The van der Waals surface area contributed by atoms with Crippen LogP contribution >= 0.6 is 0 Å². The summed E-state index contributed by atoms with van der Waals surface area (Å²) in [5, 5.41) is 15.1. The highest BCUT2D eigenvalue weighted by molar-refractivity contribution is 5.74. The molecule has 0 saturated carbocycles. The number of urea groups is 1. The number of likely N-dealkylation sites (tertiary alicyclic amines) is 1. The number of carbonyl (C=O) groups is 2. The van der Waals surface area contributed by atoms with E-state index < -0.39 is 5.97 Å². The molecule has 7 nitrogen and oxygen atoms in total. The van der Waals surface area contributed by atoms with Crippen molar-refractivity contribution in [2.75, 3.05) is 13.1 Å². The number of nitrogens with one attached hydrogen (secondary N) is 1. The zero-order chi connectivity index (χ0) is 13.7. The number of aromatic nitrogens is 1. The van der Waals surface area contributed by atoms with Crippen molar-refractivity contribution in [2.24, 2.45) is 5.92 Å². The van der Waals surface area contributed by atoms with Crippen molar-refractivity contribution in [1.29, 1.82) is 0 Å². The van der Waals surface area contributed by atoms with Crippen LogP contribution in [0.2, 0.25) is 0 Å². The number of hydrogen-bond acceptors (Lipinski definition) is 4. The highest BCUT2D eigenvalue weighted by Crippen LogP contribution is 2.20. The summed E-state index contributed by atoms with van der Waals surface area (Å²) >= 11 is 0. The fourth-order valence-electron chi connectivity index (χ4n) is 2.19. The molecule has 1 unspecified atom stereocenters. The normalized spacial score (nSPS) is 18.5. The van der Waals surface area contributed by atoms with Gasteiger partial charge in [0.15, 0.2) is 0 Å². The molecule has 1 aromatic rings. The maximum absolute atomic E-state index is 11.9. The molecular formula is C12H17N3O4. The highest BCUT2D eigenvalue weighted by Gasteiger charge is 2.26. The van der Waals surface area contributed by atoms with Crippen LogP contribution in [-0.2, 0) is 11.3 Å². The van der Waals surface area contributed by atoms with Gasteiger partial charge in [-0.15, -0.1) is 0 Å². The fourth-order valence-corrected chi connectivity index (χ4v) is 2.19. The monoisotopic (exact) mass is 267 g/mol. The number of nitrogens with zero attached hydrogens (tertiary/aromatic N) is 2. The minimum Gasteiger partial charge on any atom is -0.481 e. The molecule has 2 rings (SSSR count). The lowest BCUT2D eigenvalue weighted by Crippen LogP contribution is -2.38. The average molecular weight is 267 g/mol. The zero-order valence-electron chi connectivity index (χ0n) is 10.5. The third-order valence-corrected chi connectivity index (χ3v) is 3.25. The van der Waals surface area contributed by atoms with Crippen LogP contribution in [0.5, 0.6) is 0 Å². The third-order valence-electron chi connectivity index (χ3n) is 3.25. The summed E-state index contributed by atoms with van der Waals surface area (Å²) in [6.45, 7) is 1.64. The van der Waals surface area contributed by atoms with Gasteiger partial charge in [-0.05, 0) is 18.8 Å². The molecule has 0 radical (unpaired) electrons. The van der Waals surface area contributed by atoms with Crippen LogP contribution in [0.3, 0.4) is 0 Å². The maximum atomic E-state index is 11.9. The Balaban J connectivity index is 1.71. The first-order valence-electron chi connectivity index (χ1n) is 6.29. The van der Waals surface area contributed by atoms with Crippen molar-refractivity contribution < 1.29 is 19.2 Å². The second-order valence-electron chi connectivity index (χ2n) is 4.68. The topological polar surface area (TPSA) is 95.7 Å². The second kappa shape index (κ2) is 6.21. The minimum absolute atomic E-state index is 0.138. The quantitative estimate of drug-likeness (QED) is 0.832. The minimum atomic E-state index is -0.783. The molecule has 2 N–H and O–H groups in total. The molecular weight excluding hydrogens is 250 g/mol. The van der Waals surface area contributed by atoms with Crippen LogP contribution in [0.25, 0.3) is 0 Å². The molecule has 0 aromatic carbocycles. The van der Waals surface area contributed by atoms with E-state index in [0.29, 0.717) is 31.7 Å². The molecule has 0 spiro atoms. The molecule has 1 atom stereocenters. The second-order valence-corrected chi connectivity index (χ2v) is 4.68. The van der Waals surface area contributed by atoms with E-state index in [2.05, 4.69) is 15.0 Å². The summed E-state index contributed by atoms with van der Waals surface area (Å²) in [7, 11) is 0. The summed E-state index contributed by atoms with van der Waals surface area (Å²) in [4.78, 5) is 24.1. The van der Waals surface area contributed by atoms with Crippen LogP contribution in [0, 0.1) is 5.92 Å². The van der Waals surface area contributed by atoms with Gasteiger partial charge in [-0.3, -0.25) is 4.79 Å². The van der Waals surface area contributed by atoms with E-state index in [4.69, 9.17) is 5.11 Å². The Bertz CT molecular complexity index is 432. The summed E-state index contributed by atoms with van der Waals surface area (Å²) in [6, 6.07) is 1.56. The summed E-state index contributed by atoms with van der Waals surface area (Å²) in [6.07, 6.45) is 3.12. The van der Waals surface area contributed by atoms with Crippen LogP contribution in [0.4, 0.5) is 4.79 Å². The number of hydrogen-bond donors (Lipinski definition) is 2. The predicted octanol–water partition coefficient (Wildman–Crippen LogP) is 1.07. The van der Waals surface area contributed by atoms with E-state index in [0.717, 1.165) is 6.42 Å². The number of carbonyl (C=O) groups excluding carboxylic acids is 1. The van der Waals surface area contributed by atoms with E-state index in [1.165, 1.54) is 6.26 Å². The van der Waals surface area contributed by atoms with Gasteiger partial charge >= 0.3 is 12.0 Å². The SMILES string of the molecule is O=C(O)CCC1CCN(C(=O)NCc2ccon2)C1. The first-order chi connectivity index (χ1) is 9.15. The number of carboxylic acids is 1. The first kappa shape index (κ1) is 13.4. The van der Waals surface area contributed by atoms with Crippen molar-refractivity contribution in [3.05, 3.63) is 18.0 Å². The van der Waals surface area contributed by atoms with Gasteiger partial charge in [0, 0.05) is 25.6 Å². The fraction of sp³-hybridized carbons (Fsp3) is 0.583. The number of rotatable bonds is 5. The average Bonchev–Trinajstić information content (AvgIpc) is 3.04. The van der Waals surface area contributed by atoms with Gasteiger partial charge in [0.2, 0.25) is 0 Å². The molecule has 0 aliphatic carbocycles. The van der Waals surface area contributed by atoms with E-state index >= 15 is 0 Å². The number of carboxylic acid groups (broad SMARTS) is 1. The maximum Gasteiger partial charge on any atom is 0.317 e. The van der Waals surface area contributed by atoms with Crippen LogP contribution < -0.4 is 5.32 Å². The smallest absolute Gasteiger partial charge is 0.317 e. The van der Waals surface area contributed by atoms with Crippen molar-refractivity contribution in [3.8, 4) is 0 Å². The Morgan fingerprint density at radius 2 is 2.42 bits per heavy atom. The van der Waals surface area contributed by atoms with Crippen molar-refractivity contribution in [2.45, 2.75) is 25.8 Å². The van der Waals surface area contributed by atoms with Crippen molar-refractivity contribution in [1.82, 2.24) is 15.4 Å². The van der Waals surface area contributed by atoms with Crippen molar-refractivity contribution >= 4 is 12.0 Å². The molecule has 2 amide bonds. The largest absolute Gasteiger partial charge is 0.481 e. The zero-order valence-corrected chi connectivity index (χ0v) is 10.5. The van der Waals surface area contributed by atoms with Gasteiger partial charge in [0.1, 0.15) is 12.0 Å². The van der Waals surface area contributed by atoms with Gasteiger partial charge in [0.05, 0.1) is 6.54 Å². The molecule has 1 saturated heterocycles. The van der Waals surface area contributed by atoms with Crippen LogP contribution in [0.1, 0.15) is 25.0 Å². The molecule has 19 heavy (non-hydrogen) atoms. The molecule has 1 aromatic heterocycles. The summed E-state index contributed by atoms with van der Waals surface area (Å²) in [5.41, 5.74) is 0.676. The lowest BCUT2D eigenvalue weighted by Gasteiger charge is -2.16. The molecule has 104 valence electrons. The van der Waals surface area contributed by atoms with E-state index in [-0.39, 0.29) is 18.4 Å². The van der Waals surface area contributed by atoms with E-state index in [1.807, 2.05) is 0 Å². The number of aliphatic carboxylic acids is 1. The first-order valence-corrected chi connectivity index (χ1v) is 6.29. The van der Waals surface area contributed by atoms with Gasteiger partial charge in [-0.1, -0.05) is 5.16 Å². The summed E-state index contributed by atoms with van der Waals surface area (Å²) in [5.74, 6) is -0.497. The third kappa shape index (κ3) is 3.97. The highest BCUT2D eigenvalue weighted by atomic mass is 16.5. The van der Waals surface area contributed by atoms with E-state index in [1.54, 1.807) is 11.0 Å².